The van der Waals surface area contributed by atoms with Gasteiger partial charge in [0, 0.05) is 13.5 Å². The third-order valence-electron chi connectivity index (χ3n) is 3.22. The standard InChI is InChI=1S/C15H20N2O/c1-4-13-10-14(17(3)16-13)15(18)9-12-7-5-11(2)6-8-12/h5-8,10,15,18H,4,9H2,1-3H3. The second kappa shape index (κ2) is 5.36. The van der Waals surface area contributed by atoms with Crippen LogP contribution < -0.4 is 0 Å². The first-order chi connectivity index (χ1) is 8.60. The molecule has 0 radical (unpaired) electrons. The second-order valence-corrected chi connectivity index (χ2v) is 4.74. The lowest BCUT2D eigenvalue weighted by atomic mass is 10.0. The van der Waals surface area contributed by atoms with Gasteiger partial charge in [0.25, 0.3) is 0 Å². The Morgan fingerprint density at radius 3 is 2.50 bits per heavy atom. The summed E-state index contributed by atoms with van der Waals surface area (Å²) in [6.07, 6.45) is 1.03. The van der Waals surface area contributed by atoms with Crippen molar-refractivity contribution in [1.82, 2.24) is 9.78 Å². The fourth-order valence-corrected chi connectivity index (χ4v) is 2.08. The molecule has 0 aliphatic heterocycles. The van der Waals surface area contributed by atoms with Gasteiger partial charge in [-0.3, -0.25) is 4.68 Å². The quantitative estimate of drug-likeness (QED) is 0.897. The van der Waals surface area contributed by atoms with Gasteiger partial charge in [-0.25, -0.2) is 0 Å². The lowest BCUT2D eigenvalue weighted by Gasteiger charge is -2.11. The van der Waals surface area contributed by atoms with Crippen molar-refractivity contribution < 1.29 is 5.11 Å². The molecule has 1 unspecified atom stereocenters. The Morgan fingerprint density at radius 1 is 1.28 bits per heavy atom. The molecule has 1 aromatic carbocycles. The van der Waals surface area contributed by atoms with Crippen LogP contribution in [0.2, 0.25) is 0 Å². The van der Waals surface area contributed by atoms with Crippen LogP contribution in [0.25, 0.3) is 0 Å². The van der Waals surface area contributed by atoms with E-state index in [-0.39, 0.29) is 0 Å². The van der Waals surface area contributed by atoms with Crippen LogP contribution in [-0.2, 0) is 19.9 Å². The summed E-state index contributed by atoms with van der Waals surface area (Å²) < 4.78 is 1.78. The lowest BCUT2D eigenvalue weighted by Crippen LogP contribution is -2.07. The van der Waals surface area contributed by atoms with Gasteiger partial charge < -0.3 is 5.11 Å². The number of aryl methyl sites for hydroxylation is 3. The maximum atomic E-state index is 10.3. The van der Waals surface area contributed by atoms with Crippen LogP contribution in [0.15, 0.2) is 30.3 Å². The van der Waals surface area contributed by atoms with Gasteiger partial charge in [-0.2, -0.15) is 5.10 Å². The van der Waals surface area contributed by atoms with E-state index in [1.54, 1.807) is 4.68 Å². The fourth-order valence-electron chi connectivity index (χ4n) is 2.08. The molecule has 0 aliphatic carbocycles. The van der Waals surface area contributed by atoms with Crippen molar-refractivity contribution in [1.29, 1.82) is 0 Å². The highest BCUT2D eigenvalue weighted by molar-refractivity contribution is 5.23. The number of hydrogen-bond donors (Lipinski definition) is 1. The van der Waals surface area contributed by atoms with Crippen molar-refractivity contribution in [3.05, 3.63) is 52.8 Å². The smallest absolute Gasteiger partial charge is 0.0996 e. The molecule has 0 saturated heterocycles. The minimum Gasteiger partial charge on any atom is -0.386 e. The highest BCUT2D eigenvalue weighted by Crippen LogP contribution is 2.19. The van der Waals surface area contributed by atoms with Crippen molar-refractivity contribution in [2.24, 2.45) is 7.05 Å². The molecule has 1 atom stereocenters. The number of benzene rings is 1. The van der Waals surface area contributed by atoms with E-state index in [4.69, 9.17) is 0 Å². The minimum atomic E-state index is -0.495. The van der Waals surface area contributed by atoms with Gasteiger partial charge in [0.05, 0.1) is 17.5 Å². The van der Waals surface area contributed by atoms with Crippen molar-refractivity contribution in [3.63, 3.8) is 0 Å². The first-order valence-corrected chi connectivity index (χ1v) is 6.36. The minimum absolute atomic E-state index is 0.495. The van der Waals surface area contributed by atoms with Gasteiger partial charge in [0.1, 0.15) is 0 Å². The van der Waals surface area contributed by atoms with Gasteiger partial charge >= 0.3 is 0 Å². The Balaban J connectivity index is 2.13. The molecule has 96 valence electrons. The fraction of sp³-hybridized carbons (Fsp3) is 0.400. The lowest BCUT2D eigenvalue weighted by molar-refractivity contribution is 0.168. The number of rotatable bonds is 4. The molecule has 1 aromatic heterocycles. The van der Waals surface area contributed by atoms with E-state index in [9.17, 15) is 5.11 Å². The van der Waals surface area contributed by atoms with Gasteiger partial charge in [0.15, 0.2) is 0 Å². The summed E-state index contributed by atoms with van der Waals surface area (Å²) in [5, 5.41) is 14.6. The van der Waals surface area contributed by atoms with Crippen molar-refractivity contribution in [3.8, 4) is 0 Å². The number of aliphatic hydroxyl groups is 1. The SMILES string of the molecule is CCc1cc(C(O)Cc2ccc(C)cc2)n(C)n1. The summed E-state index contributed by atoms with van der Waals surface area (Å²) in [5.74, 6) is 0. The molecular weight excluding hydrogens is 224 g/mol. The molecule has 0 bridgehead atoms. The monoisotopic (exact) mass is 244 g/mol. The van der Waals surface area contributed by atoms with E-state index < -0.39 is 6.10 Å². The first-order valence-electron chi connectivity index (χ1n) is 6.36. The van der Waals surface area contributed by atoms with Crippen LogP contribution >= 0.6 is 0 Å². The molecule has 1 heterocycles. The van der Waals surface area contributed by atoms with Crippen LogP contribution in [0.3, 0.4) is 0 Å². The molecule has 2 aromatic rings. The molecule has 18 heavy (non-hydrogen) atoms. The molecule has 3 heteroatoms. The molecule has 0 amide bonds. The average molecular weight is 244 g/mol. The Bertz CT molecular complexity index is 514. The predicted octanol–water partition coefficient (Wildman–Crippen LogP) is 2.57. The summed E-state index contributed by atoms with van der Waals surface area (Å²) in [6, 6.07) is 10.3. The number of hydrogen-bond acceptors (Lipinski definition) is 2. The third-order valence-corrected chi connectivity index (χ3v) is 3.22. The summed E-state index contributed by atoms with van der Waals surface area (Å²) in [7, 11) is 1.88. The van der Waals surface area contributed by atoms with Crippen molar-refractivity contribution >= 4 is 0 Å². The van der Waals surface area contributed by atoms with E-state index in [0.29, 0.717) is 6.42 Å². The topological polar surface area (TPSA) is 38.0 Å². The second-order valence-electron chi connectivity index (χ2n) is 4.74. The van der Waals surface area contributed by atoms with E-state index in [1.807, 2.05) is 13.1 Å². The molecular formula is C15H20N2O. The molecule has 0 aliphatic rings. The normalized spacial score (nSPS) is 12.7. The van der Waals surface area contributed by atoms with E-state index in [0.717, 1.165) is 23.4 Å². The molecule has 1 N–H and O–H groups in total. The Morgan fingerprint density at radius 2 is 1.94 bits per heavy atom. The van der Waals surface area contributed by atoms with Gasteiger partial charge in [0.2, 0.25) is 0 Å². The van der Waals surface area contributed by atoms with Crippen LogP contribution in [0.1, 0.15) is 35.5 Å². The molecule has 3 nitrogen and oxygen atoms in total. The molecule has 0 spiro atoms. The van der Waals surface area contributed by atoms with Gasteiger partial charge in [-0.1, -0.05) is 36.8 Å². The van der Waals surface area contributed by atoms with Crippen LogP contribution in [0.5, 0.6) is 0 Å². The van der Waals surface area contributed by atoms with E-state index >= 15 is 0 Å². The number of aliphatic hydroxyl groups excluding tert-OH is 1. The Kier molecular flexibility index (Phi) is 3.82. The highest BCUT2D eigenvalue weighted by atomic mass is 16.3. The van der Waals surface area contributed by atoms with Crippen LogP contribution in [0.4, 0.5) is 0 Å². The van der Waals surface area contributed by atoms with Crippen LogP contribution in [-0.4, -0.2) is 14.9 Å². The number of nitrogens with zero attached hydrogens (tertiary/aromatic N) is 2. The number of aromatic nitrogens is 2. The maximum Gasteiger partial charge on any atom is 0.0996 e. The molecule has 2 rings (SSSR count). The van der Waals surface area contributed by atoms with E-state index in [1.165, 1.54) is 5.56 Å². The summed E-state index contributed by atoms with van der Waals surface area (Å²) in [4.78, 5) is 0. The molecule has 0 fully saturated rings. The van der Waals surface area contributed by atoms with Gasteiger partial charge in [-0.15, -0.1) is 0 Å². The first kappa shape index (κ1) is 12.8. The highest BCUT2D eigenvalue weighted by Gasteiger charge is 2.14. The van der Waals surface area contributed by atoms with Crippen molar-refractivity contribution in [2.45, 2.75) is 32.8 Å². The van der Waals surface area contributed by atoms with Gasteiger partial charge in [-0.05, 0) is 25.0 Å². The average Bonchev–Trinajstić information content (AvgIpc) is 2.73. The Hall–Kier alpha value is -1.61. The summed E-state index contributed by atoms with van der Waals surface area (Å²) in [5.41, 5.74) is 4.29. The zero-order valence-electron chi connectivity index (χ0n) is 11.2. The zero-order valence-corrected chi connectivity index (χ0v) is 11.2. The predicted molar refractivity (Wildman–Crippen MR) is 72.4 cm³/mol. The summed E-state index contributed by atoms with van der Waals surface area (Å²) in [6.45, 7) is 4.13. The maximum absolute atomic E-state index is 10.3. The van der Waals surface area contributed by atoms with Crippen molar-refractivity contribution in [2.75, 3.05) is 0 Å². The Labute approximate surface area is 108 Å². The molecule has 0 saturated carbocycles. The third kappa shape index (κ3) is 2.79. The van der Waals surface area contributed by atoms with E-state index in [2.05, 4.69) is 43.2 Å². The summed E-state index contributed by atoms with van der Waals surface area (Å²) >= 11 is 0. The largest absolute Gasteiger partial charge is 0.386 e. The van der Waals surface area contributed by atoms with Crippen LogP contribution in [0, 0.1) is 6.92 Å². The zero-order chi connectivity index (χ0) is 13.1.